The van der Waals surface area contributed by atoms with Crippen LogP contribution in [0.4, 0.5) is 0 Å². The number of carbonyl (C=O) groups excluding carboxylic acids is 2. The van der Waals surface area contributed by atoms with Crippen molar-refractivity contribution in [1.82, 2.24) is 10.2 Å². The first kappa shape index (κ1) is 11.4. The minimum Gasteiger partial charge on any atom is -0.368 e. The minimum absolute atomic E-state index is 0.00991. The molecule has 1 aliphatic carbocycles. The molecule has 0 bridgehead atoms. The van der Waals surface area contributed by atoms with E-state index in [4.69, 9.17) is 5.73 Å². The van der Waals surface area contributed by atoms with E-state index in [2.05, 4.69) is 5.32 Å². The Morgan fingerprint density at radius 1 is 1.44 bits per heavy atom. The summed E-state index contributed by atoms with van der Waals surface area (Å²) in [5, 5.41) is 3.30. The van der Waals surface area contributed by atoms with Crippen molar-refractivity contribution in [3.63, 3.8) is 0 Å². The van der Waals surface area contributed by atoms with Crippen LogP contribution in [-0.2, 0) is 9.59 Å². The van der Waals surface area contributed by atoms with Crippen LogP contribution in [0.5, 0.6) is 0 Å². The molecule has 1 aliphatic heterocycles. The molecule has 0 spiro atoms. The lowest BCUT2D eigenvalue weighted by atomic mass is 10.0. The van der Waals surface area contributed by atoms with Crippen molar-refractivity contribution in [3.05, 3.63) is 0 Å². The third kappa shape index (κ3) is 1.91. The fraction of sp³-hybridized carbons (Fsp3) is 0.818. The second-order valence-electron chi connectivity index (χ2n) is 5.20. The molecular weight excluding hydrogens is 206 g/mol. The number of carbonyl (C=O) groups is 2. The summed E-state index contributed by atoms with van der Waals surface area (Å²) in [6, 6.07) is 0.386. The molecule has 1 atom stereocenters. The van der Waals surface area contributed by atoms with E-state index in [0.29, 0.717) is 12.6 Å². The highest BCUT2D eigenvalue weighted by Gasteiger charge is 2.44. The van der Waals surface area contributed by atoms with Crippen LogP contribution in [0.25, 0.3) is 0 Å². The molecular formula is C11H19N3O2. The fourth-order valence-electron chi connectivity index (χ4n) is 2.06. The van der Waals surface area contributed by atoms with Crippen molar-refractivity contribution in [2.24, 2.45) is 5.73 Å². The summed E-state index contributed by atoms with van der Waals surface area (Å²) in [5.41, 5.74) is 4.44. The van der Waals surface area contributed by atoms with E-state index in [9.17, 15) is 9.59 Å². The molecule has 0 aromatic heterocycles. The average Bonchev–Trinajstić information content (AvgIpc) is 2.92. The summed E-state index contributed by atoms with van der Waals surface area (Å²) in [6.07, 6.45) is 3.08. The zero-order valence-electron chi connectivity index (χ0n) is 9.82. The lowest BCUT2D eigenvalue weighted by Crippen LogP contribution is -2.55. The van der Waals surface area contributed by atoms with Crippen LogP contribution in [0.3, 0.4) is 0 Å². The van der Waals surface area contributed by atoms with Crippen LogP contribution in [0.1, 0.15) is 33.1 Å². The molecule has 16 heavy (non-hydrogen) atoms. The second kappa shape index (κ2) is 3.73. The molecule has 1 heterocycles. The number of nitrogens with zero attached hydrogens (tertiary/aromatic N) is 1. The van der Waals surface area contributed by atoms with E-state index >= 15 is 0 Å². The zero-order chi connectivity index (χ0) is 11.9. The Kier molecular flexibility index (Phi) is 2.66. The Hall–Kier alpha value is -1.10. The number of rotatable bonds is 4. The number of nitrogens with two attached hydrogens (primary N) is 1. The van der Waals surface area contributed by atoms with Crippen LogP contribution in [0.2, 0.25) is 0 Å². The molecule has 0 aromatic rings. The van der Waals surface area contributed by atoms with Crippen LogP contribution in [0.15, 0.2) is 0 Å². The number of amides is 2. The molecule has 1 saturated heterocycles. The zero-order valence-corrected chi connectivity index (χ0v) is 9.82. The van der Waals surface area contributed by atoms with Gasteiger partial charge >= 0.3 is 0 Å². The first-order chi connectivity index (χ1) is 7.43. The Bertz CT molecular complexity index is 323. The first-order valence-electron chi connectivity index (χ1n) is 5.80. The Morgan fingerprint density at radius 2 is 2.06 bits per heavy atom. The second-order valence-corrected chi connectivity index (χ2v) is 5.20. The van der Waals surface area contributed by atoms with Crippen molar-refractivity contribution in [1.29, 1.82) is 0 Å². The van der Waals surface area contributed by atoms with Gasteiger partial charge in [-0.2, -0.15) is 0 Å². The largest absolute Gasteiger partial charge is 0.368 e. The van der Waals surface area contributed by atoms with Gasteiger partial charge in [-0.05, 0) is 33.1 Å². The van der Waals surface area contributed by atoms with Gasteiger partial charge in [-0.1, -0.05) is 0 Å². The fourth-order valence-corrected chi connectivity index (χ4v) is 2.06. The molecule has 0 radical (unpaired) electrons. The van der Waals surface area contributed by atoms with Crippen LogP contribution in [0, 0.1) is 0 Å². The van der Waals surface area contributed by atoms with Crippen molar-refractivity contribution >= 4 is 11.8 Å². The number of nitrogens with one attached hydrogen (secondary N) is 1. The molecule has 5 nitrogen and oxygen atoms in total. The van der Waals surface area contributed by atoms with Crippen molar-refractivity contribution in [3.8, 4) is 0 Å². The predicted molar refractivity (Wildman–Crippen MR) is 59.5 cm³/mol. The smallest absolute Gasteiger partial charge is 0.242 e. The number of likely N-dealkylation sites (tertiary alicyclic amines) is 1. The lowest BCUT2D eigenvalue weighted by Gasteiger charge is -2.32. The summed E-state index contributed by atoms with van der Waals surface area (Å²) in [6.45, 7) is 4.01. The summed E-state index contributed by atoms with van der Waals surface area (Å²) >= 11 is 0. The first-order valence-corrected chi connectivity index (χ1v) is 5.80. The monoisotopic (exact) mass is 225 g/mol. The number of hydrogen-bond donors (Lipinski definition) is 2. The van der Waals surface area contributed by atoms with E-state index in [0.717, 1.165) is 19.3 Å². The van der Waals surface area contributed by atoms with E-state index in [1.807, 2.05) is 0 Å². The summed E-state index contributed by atoms with van der Waals surface area (Å²) in [7, 11) is 0. The quantitative estimate of drug-likeness (QED) is 0.684. The maximum absolute atomic E-state index is 12.1. The van der Waals surface area contributed by atoms with Gasteiger partial charge in [0.2, 0.25) is 11.8 Å². The van der Waals surface area contributed by atoms with Crippen molar-refractivity contribution in [2.45, 2.75) is 50.7 Å². The van der Waals surface area contributed by atoms with Crippen molar-refractivity contribution < 1.29 is 9.59 Å². The molecule has 2 amide bonds. The standard InChI is InChI=1S/C11H19N3O2/c1-11(2,10(12)16)14-6-5-8(9(14)15)13-7-3-4-7/h7-8,13H,3-6H2,1-2H3,(H2,12,16). The molecule has 90 valence electrons. The molecule has 5 heteroatoms. The van der Waals surface area contributed by atoms with Gasteiger partial charge in [-0.25, -0.2) is 0 Å². The normalized spacial score (nSPS) is 26.2. The number of primary amides is 1. The van der Waals surface area contributed by atoms with Crippen LogP contribution in [-0.4, -0.2) is 40.9 Å². The molecule has 1 saturated carbocycles. The average molecular weight is 225 g/mol. The van der Waals surface area contributed by atoms with Gasteiger partial charge < -0.3 is 16.0 Å². The van der Waals surface area contributed by atoms with E-state index in [1.165, 1.54) is 0 Å². The van der Waals surface area contributed by atoms with E-state index in [1.54, 1.807) is 18.7 Å². The van der Waals surface area contributed by atoms with Gasteiger partial charge in [0.25, 0.3) is 0 Å². The van der Waals surface area contributed by atoms with Gasteiger partial charge in [0.1, 0.15) is 5.54 Å². The topological polar surface area (TPSA) is 75.4 Å². The van der Waals surface area contributed by atoms with Gasteiger partial charge in [-0.3, -0.25) is 9.59 Å². The van der Waals surface area contributed by atoms with E-state index in [-0.39, 0.29) is 11.9 Å². The van der Waals surface area contributed by atoms with Gasteiger partial charge in [0.15, 0.2) is 0 Å². The molecule has 3 N–H and O–H groups in total. The van der Waals surface area contributed by atoms with Gasteiger partial charge in [0.05, 0.1) is 6.04 Å². The highest BCUT2D eigenvalue weighted by Crippen LogP contribution is 2.26. The lowest BCUT2D eigenvalue weighted by molar-refractivity contribution is -0.141. The van der Waals surface area contributed by atoms with Crippen molar-refractivity contribution in [2.75, 3.05) is 6.54 Å². The van der Waals surface area contributed by atoms with Gasteiger partial charge in [0, 0.05) is 12.6 Å². The Labute approximate surface area is 95.3 Å². The summed E-state index contributed by atoms with van der Waals surface area (Å²) < 4.78 is 0. The molecule has 0 aromatic carbocycles. The molecule has 2 rings (SSSR count). The highest BCUT2D eigenvalue weighted by molar-refractivity contribution is 5.92. The predicted octanol–water partition coefficient (Wildman–Crippen LogP) is -0.397. The SMILES string of the molecule is CC(C)(C(N)=O)N1CCC(NC2CC2)C1=O. The maximum Gasteiger partial charge on any atom is 0.242 e. The highest BCUT2D eigenvalue weighted by atomic mass is 16.2. The Balaban J connectivity index is 2.02. The Morgan fingerprint density at radius 3 is 2.56 bits per heavy atom. The third-order valence-corrected chi connectivity index (χ3v) is 3.50. The summed E-state index contributed by atoms with van der Waals surface area (Å²) in [4.78, 5) is 25.0. The molecule has 1 unspecified atom stereocenters. The van der Waals surface area contributed by atoms with Crippen LogP contribution >= 0.6 is 0 Å². The van der Waals surface area contributed by atoms with Gasteiger partial charge in [-0.15, -0.1) is 0 Å². The third-order valence-electron chi connectivity index (χ3n) is 3.50. The van der Waals surface area contributed by atoms with E-state index < -0.39 is 11.4 Å². The van der Waals surface area contributed by atoms with Crippen LogP contribution < -0.4 is 11.1 Å². The number of hydrogen-bond acceptors (Lipinski definition) is 3. The molecule has 2 aliphatic rings. The maximum atomic E-state index is 12.1. The minimum atomic E-state index is -0.878. The molecule has 2 fully saturated rings. The summed E-state index contributed by atoms with van der Waals surface area (Å²) in [5.74, 6) is -0.441.